The lowest BCUT2D eigenvalue weighted by Crippen LogP contribution is -2.47. The van der Waals surface area contributed by atoms with Crippen LogP contribution >= 0.6 is 0 Å². The van der Waals surface area contributed by atoms with Crippen LogP contribution < -0.4 is 0 Å². The second-order valence-corrected chi connectivity index (χ2v) is 7.77. The molecule has 1 heterocycles. The number of benzene rings is 2. The number of carbonyl (C=O) groups excluding carboxylic acids is 2. The van der Waals surface area contributed by atoms with E-state index in [1.807, 2.05) is 66.7 Å². The second-order valence-electron chi connectivity index (χ2n) is 7.77. The van der Waals surface area contributed by atoms with Crippen molar-refractivity contribution in [3.63, 3.8) is 0 Å². The van der Waals surface area contributed by atoms with Gasteiger partial charge in [-0.25, -0.2) is 0 Å². The number of hydrogen-bond acceptors (Lipinski definition) is 7. The van der Waals surface area contributed by atoms with Crippen molar-refractivity contribution in [1.82, 2.24) is 0 Å². The highest BCUT2D eigenvalue weighted by Gasteiger charge is 2.41. The van der Waals surface area contributed by atoms with Crippen LogP contribution in [0.15, 0.2) is 72.8 Å². The van der Waals surface area contributed by atoms with Crippen LogP contribution in [0.2, 0.25) is 0 Å². The predicted octanol–water partition coefficient (Wildman–Crippen LogP) is 3.85. The van der Waals surface area contributed by atoms with Crippen LogP contribution in [-0.2, 0) is 46.5 Å². The number of carbonyl (C=O) groups is 2. The van der Waals surface area contributed by atoms with Gasteiger partial charge in [-0.05, 0) is 25.0 Å². The number of ether oxygens (including phenoxy) is 5. The van der Waals surface area contributed by atoms with Crippen LogP contribution in [-0.4, -0.2) is 50.1 Å². The van der Waals surface area contributed by atoms with Crippen LogP contribution in [0, 0.1) is 5.92 Å². The van der Waals surface area contributed by atoms with E-state index in [1.165, 1.54) is 0 Å². The molecule has 34 heavy (non-hydrogen) atoms. The Bertz CT molecular complexity index is 895. The first kappa shape index (κ1) is 25.6. The zero-order valence-corrected chi connectivity index (χ0v) is 19.6. The summed E-state index contributed by atoms with van der Waals surface area (Å²) in [5.41, 5.74) is 2.06. The molecule has 182 valence electrons. The van der Waals surface area contributed by atoms with Gasteiger partial charge in [-0.2, -0.15) is 0 Å². The molecule has 1 aliphatic rings. The second kappa shape index (κ2) is 13.6. The fourth-order valence-electron chi connectivity index (χ4n) is 3.62. The molecule has 7 heteroatoms. The Labute approximate surface area is 200 Å². The molecule has 0 saturated heterocycles. The van der Waals surface area contributed by atoms with E-state index in [9.17, 15) is 9.59 Å². The summed E-state index contributed by atoms with van der Waals surface area (Å²) < 4.78 is 28.4. The summed E-state index contributed by atoms with van der Waals surface area (Å²) >= 11 is 0. The van der Waals surface area contributed by atoms with Crippen molar-refractivity contribution >= 4 is 11.9 Å². The summed E-state index contributed by atoms with van der Waals surface area (Å²) in [7, 11) is 0. The minimum Gasteiger partial charge on any atom is -0.465 e. The van der Waals surface area contributed by atoms with Crippen molar-refractivity contribution in [2.45, 2.75) is 45.4 Å². The number of esters is 2. The van der Waals surface area contributed by atoms with Crippen molar-refractivity contribution in [3.05, 3.63) is 83.9 Å². The van der Waals surface area contributed by atoms with Gasteiger partial charge in [0.2, 0.25) is 0 Å². The van der Waals surface area contributed by atoms with Gasteiger partial charge in [0.15, 0.2) is 5.92 Å². The Morgan fingerprint density at radius 3 is 1.94 bits per heavy atom. The lowest BCUT2D eigenvalue weighted by Gasteiger charge is -2.34. The standard InChI is InChI=1S/C27H32O7/c1-3-31-26(28)25(27(29)32-4-2)23-16-15-22(33-18-21-13-9-6-10-14-21)24(34-23)19-30-17-20-11-7-5-8-12-20/h5-16,22-25H,3-4,17-19H2,1-2H3/t22-,23-,24+/m0/s1. The molecule has 0 aromatic heterocycles. The number of rotatable bonds is 12. The van der Waals surface area contributed by atoms with E-state index in [1.54, 1.807) is 19.9 Å². The van der Waals surface area contributed by atoms with E-state index in [0.29, 0.717) is 13.2 Å². The minimum atomic E-state index is -1.22. The zero-order chi connectivity index (χ0) is 24.2. The average Bonchev–Trinajstić information content (AvgIpc) is 2.85. The van der Waals surface area contributed by atoms with Gasteiger partial charge in [0.25, 0.3) is 0 Å². The Balaban J connectivity index is 1.73. The van der Waals surface area contributed by atoms with Crippen molar-refractivity contribution in [3.8, 4) is 0 Å². The van der Waals surface area contributed by atoms with Gasteiger partial charge in [0.05, 0.1) is 33.0 Å². The maximum atomic E-state index is 12.6. The first-order valence-electron chi connectivity index (χ1n) is 11.6. The third-order valence-electron chi connectivity index (χ3n) is 5.28. The van der Waals surface area contributed by atoms with Gasteiger partial charge in [-0.15, -0.1) is 0 Å². The molecule has 0 unspecified atom stereocenters. The molecule has 0 aliphatic carbocycles. The van der Waals surface area contributed by atoms with Gasteiger partial charge in [0.1, 0.15) is 18.3 Å². The van der Waals surface area contributed by atoms with Gasteiger partial charge in [0, 0.05) is 0 Å². The van der Waals surface area contributed by atoms with E-state index < -0.39 is 36.2 Å². The fraction of sp³-hybridized carbons (Fsp3) is 0.407. The average molecular weight is 469 g/mol. The van der Waals surface area contributed by atoms with E-state index in [4.69, 9.17) is 23.7 Å². The molecule has 1 aliphatic heterocycles. The fourth-order valence-corrected chi connectivity index (χ4v) is 3.62. The van der Waals surface area contributed by atoms with Crippen LogP contribution in [0.4, 0.5) is 0 Å². The first-order valence-corrected chi connectivity index (χ1v) is 11.6. The van der Waals surface area contributed by atoms with Gasteiger partial charge >= 0.3 is 11.9 Å². The highest BCUT2D eigenvalue weighted by Crippen LogP contribution is 2.25. The largest absolute Gasteiger partial charge is 0.465 e. The molecule has 0 saturated carbocycles. The smallest absolute Gasteiger partial charge is 0.323 e. The third-order valence-corrected chi connectivity index (χ3v) is 5.28. The Morgan fingerprint density at radius 1 is 0.824 bits per heavy atom. The maximum absolute atomic E-state index is 12.6. The SMILES string of the molecule is CCOC(=O)C(C(=O)OCC)[C@@H]1C=C[C@H](OCc2ccccc2)[C@@H](COCc2ccccc2)O1. The van der Waals surface area contributed by atoms with E-state index in [2.05, 4.69) is 0 Å². The Morgan fingerprint density at radius 2 is 1.38 bits per heavy atom. The molecule has 2 aromatic rings. The monoisotopic (exact) mass is 468 g/mol. The summed E-state index contributed by atoms with van der Waals surface area (Å²) in [5.74, 6) is -2.57. The quantitative estimate of drug-likeness (QED) is 0.266. The van der Waals surface area contributed by atoms with Gasteiger partial charge in [-0.1, -0.05) is 72.8 Å². The van der Waals surface area contributed by atoms with Crippen molar-refractivity contribution in [1.29, 1.82) is 0 Å². The summed E-state index contributed by atoms with van der Waals surface area (Å²) in [6.07, 6.45) is 1.69. The van der Waals surface area contributed by atoms with Crippen molar-refractivity contribution in [2.75, 3.05) is 19.8 Å². The third kappa shape index (κ3) is 7.52. The van der Waals surface area contributed by atoms with Crippen LogP contribution in [0.3, 0.4) is 0 Å². The highest BCUT2D eigenvalue weighted by atomic mass is 16.6. The molecule has 0 amide bonds. The van der Waals surface area contributed by atoms with Crippen LogP contribution in [0.5, 0.6) is 0 Å². The number of hydrogen-bond donors (Lipinski definition) is 0. The minimum absolute atomic E-state index is 0.150. The lowest BCUT2D eigenvalue weighted by molar-refractivity contribution is -0.176. The normalized spacial score (nSPS) is 19.7. The van der Waals surface area contributed by atoms with Crippen LogP contribution in [0.1, 0.15) is 25.0 Å². The Kier molecular flexibility index (Phi) is 10.3. The molecule has 0 spiro atoms. The zero-order valence-electron chi connectivity index (χ0n) is 19.6. The molecule has 0 radical (unpaired) electrons. The van der Waals surface area contributed by atoms with E-state index in [0.717, 1.165) is 11.1 Å². The van der Waals surface area contributed by atoms with Crippen molar-refractivity contribution < 1.29 is 33.3 Å². The molecule has 2 aromatic carbocycles. The van der Waals surface area contributed by atoms with Crippen molar-refractivity contribution in [2.24, 2.45) is 5.92 Å². The molecular formula is C27H32O7. The van der Waals surface area contributed by atoms with E-state index in [-0.39, 0.29) is 19.8 Å². The molecular weight excluding hydrogens is 436 g/mol. The maximum Gasteiger partial charge on any atom is 0.323 e. The van der Waals surface area contributed by atoms with Crippen LogP contribution in [0.25, 0.3) is 0 Å². The summed E-state index contributed by atoms with van der Waals surface area (Å²) in [5, 5.41) is 0. The van der Waals surface area contributed by atoms with Gasteiger partial charge in [-0.3, -0.25) is 9.59 Å². The summed E-state index contributed by atoms with van der Waals surface area (Å²) in [6, 6.07) is 19.6. The van der Waals surface area contributed by atoms with E-state index >= 15 is 0 Å². The molecule has 0 bridgehead atoms. The topological polar surface area (TPSA) is 80.3 Å². The molecule has 0 N–H and O–H groups in total. The van der Waals surface area contributed by atoms with Gasteiger partial charge < -0.3 is 23.7 Å². The summed E-state index contributed by atoms with van der Waals surface area (Å²) in [6.45, 7) is 4.68. The predicted molar refractivity (Wildman–Crippen MR) is 126 cm³/mol. The first-order chi connectivity index (χ1) is 16.6. The molecule has 3 atom stereocenters. The summed E-state index contributed by atoms with van der Waals surface area (Å²) in [4.78, 5) is 25.1. The Hall–Kier alpha value is -3.00. The molecule has 3 rings (SSSR count). The molecule has 7 nitrogen and oxygen atoms in total. The highest BCUT2D eigenvalue weighted by molar-refractivity contribution is 5.96. The molecule has 0 fully saturated rings. The lowest BCUT2D eigenvalue weighted by atomic mass is 9.97.